The number of aliphatic hydroxyl groups excluding tert-OH is 1. The first kappa shape index (κ1) is 9.22. The summed E-state index contributed by atoms with van der Waals surface area (Å²) in [5.74, 6) is 1.02. The Labute approximate surface area is 72.2 Å². The number of aromatic nitrogens is 2. The van der Waals surface area contributed by atoms with Crippen molar-refractivity contribution in [1.82, 2.24) is 14.9 Å². The summed E-state index contributed by atoms with van der Waals surface area (Å²) < 4.78 is 1.98. The summed E-state index contributed by atoms with van der Waals surface area (Å²) >= 11 is 0. The molecular formula is C8H15N3O. The van der Waals surface area contributed by atoms with Crippen molar-refractivity contribution in [3.05, 3.63) is 18.2 Å². The maximum absolute atomic E-state index is 8.52. The molecule has 4 nitrogen and oxygen atoms in total. The highest BCUT2D eigenvalue weighted by Crippen LogP contribution is 1.92. The van der Waals surface area contributed by atoms with Crippen LogP contribution in [0.3, 0.4) is 0 Å². The average Bonchev–Trinajstić information content (AvgIpc) is 2.46. The molecule has 0 saturated heterocycles. The van der Waals surface area contributed by atoms with Gasteiger partial charge in [-0.15, -0.1) is 0 Å². The van der Waals surface area contributed by atoms with Crippen molar-refractivity contribution in [3.63, 3.8) is 0 Å². The maximum Gasteiger partial charge on any atom is 0.122 e. The molecule has 0 saturated carbocycles. The number of nitrogens with one attached hydrogen (secondary N) is 1. The summed E-state index contributed by atoms with van der Waals surface area (Å²) in [7, 11) is 1.97. The molecule has 0 aliphatic heterocycles. The van der Waals surface area contributed by atoms with Gasteiger partial charge in [0.15, 0.2) is 0 Å². The molecule has 0 fully saturated rings. The first-order valence-electron chi connectivity index (χ1n) is 4.12. The van der Waals surface area contributed by atoms with E-state index in [2.05, 4.69) is 10.3 Å². The van der Waals surface area contributed by atoms with Crippen LogP contribution in [0.5, 0.6) is 0 Å². The molecule has 0 amide bonds. The molecule has 0 aliphatic carbocycles. The van der Waals surface area contributed by atoms with Gasteiger partial charge in [0.05, 0.1) is 6.54 Å². The van der Waals surface area contributed by atoms with Gasteiger partial charge in [0.1, 0.15) is 5.82 Å². The lowest BCUT2D eigenvalue weighted by Gasteiger charge is -2.02. The van der Waals surface area contributed by atoms with Gasteiger partial charge in [0.2, 0.25) is 0 Å². The number of aliphatic hydroxyl groups is 1. The lowest BCUT2D eigenvalue weighted by molar-refractivity contribution is 0.285. The Morgan fingerprint density at radius 3 is 3.08 bits per heavy atom. The second kappa shape index (κ2) is 4.90. The Morgan fingerprint density at radius 1 is 1.67 bits per heavy atom. The van der Waals surface area contributed by atoms with E-state index in [1.54, 1.807) is 6.20 Å². The Balaban J connectivity index is 2.20. The predicted octanol–water partition coefficient (Wildman–Crippen LogP) is -0.108. The van der Waals surface area contributed by atoms with Crippen molar-refractivity contribution < 1.29 is 5.11 Å². The summed E-state index contributed by atoms with van der Waals surface area (Å²) in [6.07, 6.45) is 4.50. The fourth-order valence-electron chi connectivity index (χ4n) is 0.971. The van der Waals surface area contributed by atoms with E-state index < -0.39 is 0 Å². The van der Waals surface area contributed by atoms with E-state index in [-0.39, 0.29) is 6.61 Å². The van der Waals surface area contributed by atoms with E-state index in [4.69, 9.17) is 5.11 Å². The third-order valence-electron chi connectivity index (χ3n) is 1.72. The van der Waals surface area contributed by atoms with E-state index in [1.807, 2.05) is 17.8 Å². The van der Waals surface area contributed by atoms with Crippen LogP contribution >= 0.6 is 0 Å². The predicted molar refractivity (Wildman–Crippen MR) is 46.6 cm³/mol. The van der Waals surface area contributed by atoms with E-state index >= 15 is 0 Å². The molecule has 0 unspecified atom stereocenters. The molecule has 68 valence electrons. The minimum Gasteiger partial charge on any atom is -0.396 e. The molecule has 2 N–H and O–H groups in total. The summed E-state index contributed by atoms with van der Waals surface area (Å²) in [4.78, 5) is 4.15. The molecule has 0 aliphatic rings. The zero-order chi connectivity index (χ0) is 8.81. The van der Waals surface area contributed by atoms with Crippen molar-refractivity contribution in [2.75, 3.05) is 13.2 Å². The lowest BCUT2D eigenvalue weighted by atomic mass is 10.4. The van der Waals surface area contributed by atoms with Gasteiger partial charge in [0, 0.05) is 26.0 Å². The van der Waals surface area contributed by atoms with Crippen molar-refractivity contribution >= 4 is 0 Å². The van der Waals surface area contributed by atoms with Crippen LogP contribution in [0.25, 0.3) is 0 Å². The second-order valence-corrected chi connectivity index (χ2v) is 2.71. The third-order valence-corrected chi connectivity index (χ3v) is 1.72. The van der Waals surface area contributed by atoms with Crippen LogP contribution in [0.2, 0.25) is 0 Å². The van der Waals surface area contributed by atoms with Crippen LogP contribution in [-0.4, -0.2) is 27.8 Å². The minimum atomic E-state index is 0.244. The fraction of sp³-hybridized carbons (Fsp3) is 0.625. The molecule has 1 rings (SSSR count). The summed E-state index contributed by atoms with van der Waals surface area (Å²) in [5, 5.41) is 11.7. The van der Waals surface area contributed by atoms with Gasteiger partial charge < -0.3 is 15.0 Å². The van der Waals surface area contributed by atoms with Crippen LogP contribution in [-0.2, 0) is 13.6 Å². The normalized spacial score (nSPS) is 10.5. The molecular weight excluding hydrogens is 154 g/mol. The standard InChI is InChI=1S/C8H15N3O/c1-11-5-4-10-8(11)7-9-3-2-6-12/h4-5,9,12H,2-3,6-7H2,1H3. The zero-order valence-corrected chi connectivity index (χ0v) is 7.32. The number of hydrogen-bond acceptors (Lipinski definition) is 3. The molecule has 0 aromatic carbocycles. The minimum absolute atomic E-state index is 0.244. The summed E-state index contributed by atoms with van der Waals surface area (Å²) in [6.45, 7) is 1.85. The van der Waals surface area contributed by atoms with Gasteiger partial charge in [0.25, 0.3) is 0 Å². The highest BCUT2D eigenvalue weighted by Gasteiger charge is 1.96. The van der Waals surface area contributed by atoms with Crippen LogP contribution in [0.1, 0.15) is 12.2 Å². The van der Waals surface area contributed by atoms with E-state index in [9.17, 15) is 0 Å². The Morgan fingerprint density at radius 2 is 2.50 bits per heavy atom. The first-order valence-corrected chi connectivity index (χ1v) is 4.12. The number of imidazole rings is 1. The largest absolute Gasteiger partial charge is 0.396 e. The highest BCUT2D eigenvalue weighted by atomic mass is 16.3. The van der Waals surface area contributed by atoms with Crippen LogP contribution in [0, 0.1) is 0 Å². The molecule has 0 bridgehead atoms. The van der Waals surface area contributed by atoms with Crippen LogP contribution < -0.4 is 5.32 Å². The van der Waals surface area contributed by atoms with Gasteiger partial charge >= 0.3 is 0 Å². The average molecular weight is 169 g/mol. The van der Waals surface area contributed by atoms with Crippen molar-refractivity contribution in [1.29, 1.82) is 0 Å². The Kier molecular flexibility index (Phi) is 3.76. The van der Waals surface area contributed by atoms with Gasteiger partial charge in [-0.05, 0) is 13.0 Å². The SMILES string of the molecule is Cn1ccnc1CNCCCO. The molecule has 4 heteroatoms. The van der Waals surface area contributed by atoms with Gasteiger partial charge in [-0.2, -0.15) is 0 Å². The number of aryl methyl sites for hydroxylation is 1. The van der Waals surface area contributed by atoms with E-state index in [1.165, 1.54) is 0 Å². The number of hydrogen-bond donors (Lipinski definition) is 2. The third kappa shape index (κ3) is 2.64. The van der Waals surface area contributed by atoms with E-state index in [0.717, 1.165) is 25.3 Å². The Bertz CT molecular complexity index is 222. The molecule has 0 atom stereocenters. The van der Waals surface area contributed by atoms with Crippen LogP contribution in [0.15, 0.2) is 12.4 Å². The van der Waals surface area contributed by atoms with Crippen molar-refractivity contribution in [2.24, 2.45) is 7.05 Å². The first-order chi connectivity index (χ1) is 5.84. The monoisotopic (exact) mass is 169 g/mol. The molecule has 1 aromatic heterocycles. The second-order valence-electron chi connectivity index (χ2n) is 2.71. The topological polar surface area (TPSA) is 50.1 Å². The molecule has 1 heterocycles. The summed E-state index contributed by atoms with van der Waals surface area (Å²) in [5.41, 5.74) is 0. The molecule has 0 radical (unpaired) electrons. The van der Waals surface area contributed by atoms with Gasteiger partial charge in [-0.3, -0.25) is 0 Å². The highest BCUT2D eigenvalue weighted by molar-refractivity contribution is 4.89. The molecule has 12 heavy (non-hydrogen) atoms. The maximum atomic E-state index is 8.52. The quantitative estimate of drug-likeness (QED) is 0.605. The van der Waals surface area contributed by atoms with E-state index in [0.29, 0.717) is 0 Å². The number of rotatable bonds is 5. The smallest absolute Gasteiger partial charge is 0.122 e. The van der Waals surface area contributed by atoms with Gasteiger partial charge in [-0.25, -0.2) is 4.98 Å². The zero-order valence-electron chi connectivity index (χ0n) is 7.32. The Hall–Kier alpha value is -0.870. The molecule has 0 spiro atoms. The molecule has 1 aromatic rings. The fourth-order valence-corrected chi connectivity index (χ4v) is 0.971. The lowest BCUT2D eigenvalue weighted by Crippen LogP contribution is -2.18. The van der Waals surface area contributed by atoms with Crippen LogP contribution in [0.4, 0.5) is 0 Å². The van der Waals surface area contributed by atoms with Gasteiger partial charge in [-0.1, -0.05) is 0 Å². The van der Waals surface area contributed by atoms with Crippen molar-refractivity contribution in [3.8, 4) is 0 Å². The number of nitrogens with zero attached hydrogens (tertiary/aromatic N) is 2. The summed E-state index contributed by atoms with van der Waals surface area (Å²) in [6, 6.07) is 0. The van der Waals surface area contributed by atoms with Crippen molar-refractivity contribution in [2.45, 2.75) is 13.0 Å².